The zero-order valence-electron chi connectivity index (χ0n) is 17.2. The summed E-state index contributed by atoms with van der Waals surface area (Å²) in [6.45, 7) is 6.83. The van der Waals surface area contributed by atoms with Gasteiger partial charge in [0, 0.05) is 0 Å². The minimum Gasteiger partial charge on any atom is -0.393 e. The summed E-state index contributed by atoms with van der Waals surface area (Å²) in [6, 6.07) is 0. The van der Waals surface area contributed by atoms with Crippen LogP contribution in [0.2, 0.25) is 0 Å². The van der Waals surface area contributed by atoms with E-state index < -0.39 is 12.1 Å². The fourth-order valence-corrected chi connectivity index (χ4v) is 8.51. The Morgan fingerprint density at radius 1 is 0.926 bits per heavy atom. The Labute approximate surface area is 162 Å². The number of rotatable bonds is 2. The van der Waals surface area contributed by atoms with Crippen LogP contribution in [-0.4, -0.2) is 17.4 Å². The van der Waals surface area contributed by atoms with Gasteiger partial charge in [-0.1, -0.05) is 20.8 Å². The standard InChI is InChI=1S/C23H37F3O/c1-4-20(27)19-8-7-17-16-6-5-14-13-15(23(24,25)26)9-11-21(14,2)18(16)10-12-22(17,19)3/h14-20,27H,4-13H2,1-3H3. The maximum Gasteiger partial charge on any atom is 0.391 e. The van der Waals surface area contributed by atoms with Crippen molar-refractivity contribution in [2.75, 3.05) is 0 Å². The molecule has 0 saturated heterocycles. The predicted molar refractivity (Wildman–Crippen MR) is 101 cm³/mol. The molecule has 4 fully saturated rings. The molecule has 0 aromatic rings. The van der Waals surface area contributed by atoms with Gasteiger partial charge < -0.3 is 5.11 Å². The summed E-state index contributed by atoms with van der Waals surface area (Å²) in [7, 11) is 0. The third-order valence-electron chi connectivity index (χ3n) is 10.1. The highest BCUT2D eigenvalue weighted by atomic mass is 19.4. The second-order valence-corrected chi connectivity index (χ2v) is 10.9. The lowest BCUT2D eigenvalue weighted by Gasteiger charge is -2.61. The number of hydrogen-bond acceptors (Lipinski definition) is 1. The van der Waals surface area contributed by atoms with Crippen LogP contribution in [0.5, 0.6) is 0 Å². The molecule has 0 heterocycles. The number of alkyl halides is 3. The van der Waals surface area contributed by atoms with Gasteiger partial charge in [-0.05, 0) is 105 Å². The molecule has 4 aliphatic rings. The fraction of sp³-hybridized carbons (Fsp3) is 1.00. The molecule has 0 amide bonds. The number of halogens is 3. The number of fused-ring (bicyclic) bond motifs is 5. The molecule has 1 N–H and O–H groups in total. The summed E-state index contributed by atoms with van der Waals surface area (Å²) in [5.74, 6) is 1.53. The zero-order valence-corrected chi connectivity index (χ0v) is 17.2. The summed E-state index contributed by atoms with van der Waals surface area (Å²) < 4.78 is 39.9. The van der Waals surface area contributed by atoms with Crippen LogP contribution in [0.1, 0.15) is 85.0 Å². The number of hydrogen-bond donors (Lipinski definition) is 1. The normalized spacial score (nSPS) is 51.2. The van der Waals surface area contributed by atoms with E-state index in [9.17, 15) is 18.3 Å². The van der Waals surface area contributed by atoms with Crippen LogP contribution in [0, 0.1) is 46.3 Å². The Hall–Kier alpha value is -0.250. The van der Waals surface area contributed by atoms with Gasteiger partial charge in [0.2, 0.25) is 0 Å². The quantitative estimate of drug-likeness (QED) is 0.567. The third-order valence-corrected chi connectivity index (χ3v) is 10.1. The molecule has 0 aromatic heterocycles. The zero-order chi connectivity index (χ0) is 19.6. The van der Waals surface area contributed by atoms with Crippen molar-refractivity contribution in [2.24, 2.45) is 46.3 Å². The molecule has 4 aliphatic carbocycles. The Balaban J connectivity index is 1.55. The molecule has 4 rings (SSSR count). The summed E-state index contributed by atoms with van der Waals surface area (Å²) in [5.41, 5.74) is 0.344. The van der Waals surface area contributed by atoms with Crippen LogP contribution >= 0.6 is 0 Å². The van der Waals surface area contributed by atoms with Crippen molar-refractivity contribution in [2.45, 2.75) is 97.3 Å². The van der Waals surface area contributed by atoms with E-state index in [1.54, 1.807) is 0 Å². The van der Waals surface area contributed by atoms with Crippen molar-refractivity contribution in [1.82, 2.24) is 0 Å². The highest BCUT2D eigenvalue weighted by molar-refractivity contribution is 5.10. The summed E-state index contributed by atoms with van der Waals surface area (Å²) in [5, 5.41) is 10.6. The van der Waals surface area contributed by atoms with Crippen molar-refractivity contribution < 1.29 is 18.3 Å². The molecule has 4 saturated carbocycles. The van der Waals surface area contributed by atoms with Gasteiger partial charge in [-0.3, -0.25) is 0 Å². The van der Waals surface area contributed by atoms with Gasteiger partial charge in [-0.2, -0.15) is 13.2 Å². The number of aliphatic hydroxyl groups excluding tert-OH is 1. The number of aliphatic hydroxyl groups is 1. The second kappa shape index (κ2) is 6.64. The van der Waals surface area contributed by atoms with Gasteiger partial charge in [-0.25, -0.2) is 0 Å². The van der Waals surface area contributed by atoms with E-state index in [1.165, 1.54) is 6.42 Å². The molecule has 0 aliphatic heterocycles. The van der Waals surface area contributed by atoms with E-state index in [1.807, 2.05) is 0 Å². The highest BCUT2D eigenvalue weighted by Crippen LogP contribution is 2.68. The van der Waals surface area contributed by atoms with Crippen molar-refractivity contribution in [3.63, 3.8) is 0 Å². The van der Waals surface area contributed by atoms with Crippen LogP contribution in [0.25, 0.3) is 0 Å². The summed E-state index contributed by atoms with van der Waals surface area (Å²) in [6.07, 6.45) is 4.85. The Morgan fingerprint density at radius 3 is 2.26 bits per heavy atom. The van der Waals surface area contributed by atoms with E-state index in [4.69, 9.17) is 0 Å². The molecule has 0 aromatic carbocycles. The van der Waals surface area contributed by atoms with E-state index in [0.717, 1.165) is 44.9 Å². The van der Waals surface area contributed by atoms with Crippen molar-refractivity contribution >= 4 is 0 Å². The third kappa shape index (κ3) is 2.99. The van der Waals surface area contributed by atoms with E-state index in [2.05, 4.69) is 20.8 Å². The lowest BCUT2D eigenvalue weighted by Crippen LogP contribution is -2.54. The van der Waals surface area contributed by atoms with Gasteiger partial charge in [-0.15, -0.1) is 0 Å². The van der Waals surface area contributed by atoms with Crippen molar-refractivity contribution in [3.05, 3.63) is 0 Å². The van der Waals surface area contributed by atoms with Gasteiger partial charge >= 0.3 is 6.18 Å². The molecule has 0 bridgehead atoms. The maximum absolute atomic E-state index is 13.3. The van der Waals surface area contributed by atoms with Gasteiger partial charge in [0.25, 0.3) is 0 Å². The molecule has 4 heteroatoms. The Morgan fingerprint density at radius 2 is 1.59 bits per heavy atom. The van der Waals surface area contributed by atoms with E-state index >= 15 is 0 Å². The topological polar surface area (TPSA) is 20.2 Å². The Kier molecular flexibility index (Phi) is 4.93. The van der Waals surface area contributed by atoms with Crippen molar-refractivity contribution in [3.8, 4) is 0 Å². The van der Waals surface area contributed by atoms with Gasteiger partial charge in [0.1, 0.15) is 0 Å². The average Bonchev–Trinajstić information content (AvgIpc) is 2.96. The first-order chi connectivity index (χ1) is 12.6. The first kappa shape index (κ1) is 20.0. The van der Waals surface area contributed by atoms with E-state index in [0.29, 0.717) is 36.5 Å². The van der Waals surface area contributed by atoms with E-state index in [-0.39, 0.29) is 22.9 Å². The lowest BCUT2D eigenvalue weighted by atomic mass is 9.44. The molecular weight excluding hydrogens is 349 g/mol. The minimum atomic E-state index is -4.02. The Bertz CT molecular complexity index is 560. The van der Waals surface area contributed by atoms with Crippen LogP contribution in [0.3, 0.4) is 0 Å². The fourth-order valence-electron chi connectivity index (χ4n) is 8.51. The average molecular weight is 387 g/mol. The molecular formula is C23H37F3O. The maximum atomic E-state index is 13.3. The monoisotopic (exact) mass is 386 g/mol. The first-order valence-electron chi connectivity index (χ1n) is 11.4. The lowest BCUT2D eigenvalue weighted by molar-refractivity contribution is -0.208. The molecule has 0 spiro atoms. The van der Waals surface area contributed by atoms with Crippen LogP contribution in [-0.2, 0) is 0 Å². The summed E-state index contributed by atoms with van der Waals surface area (Å²) >= 11 is 0. The molecule has 0 radical (unpaired) electrons. The van der Waals surface area contributed by atoms with Gasteiger partial charge in [0.15, 0.2) is 0 Å². The molecule has 156 valence electrons. The van der Waals surface area contributed by atoms with Crippen molar-refractivity contribution in [1.29, 1.82) is 0 Å². The smallest absolute Gasteiger partial charge is 0.391 e. The molecule has 9 atom stereocenters. The second-order valence-electron chi connectivity index (χ2n) is 10.9. The van der Waals surface area contributed by atoms with Gasteiger partial charge in [0.05, 0.1) is 12.0 Å². The summed E-state index contributed by atoms with van der Waals surface area (Å²) in [4.78, 5) is 0. The minimum absolute atomic E-state index is 0.105. The first-order valence-corrected chi connectivity index (χ1v) is 11.4. The molecule has 27 heavy (non-hydrogen) atoms. The van der Waals surface area contributed by atoms with Crippen LogP contribution < -0.4 is 0 Å². The molecule has 9 unspecified atom stereocenters. The largest absolute Gasteiger partial charge is 0.393 e. The predicted octanol–water partition coefficient (Wildman–Crippen LogP) is 6.59. The van der Waals surface area contributed by atoms with Crippen LogP contribution in [0.15, 0.2) is 0 Å². The highest BCUT2D eigenvalue weighted by Gasteiger charge is 2.61. The molecule has 1 nitrogen and oxygen atoms in total. The SMILES string of the molecule is CCC(O)C1CCC2C3CCC4CC(C(F)(F)F)CCC4(C)C3CCC12C. The van der Waals surface area contributed by atoms with Crippen LogP contribution in [0.4, 0.5) is 13.2 Å².